The van der Waals surface area contributed by atoms with Gasteiger partial charge in [-0.3, -0.25) is 0 Å². The lowest BCUT2D eigenvalue weighted by Crippen LogP contribution is -2.02. The van der Waals surface area contributed by atoms with Gasteiger partial charge in [-0.25, -0.2) is 9.67 Å². The average molecular weight is 242 g/mol. The fourth-order valence-electron chi connectivity index (χ4n) is 1.62. The minimum atomic E-state index is 0.352. The number of rotatable bonds is 3. The number of ether oxygens (including phenoxy) is 1. The van der Waals surface area contributed by atoms with Gasteiger partial charge in [0.15, 0.2) is 0 Å². The van der Waals surface area contributed by atoms with E-state index in [1.165, 1.54) is 6.33 Å². The highest BCUT2D eigenvalue weighted by atomic mass is 16.5. The molecule has 0 saturated carbocycles. The molecule has 5 nitrogen and oxygen atoms in total. The minimum Gasteiger partial charge on any atom is -0.496 e. The molecule has 1 heterocycles. The zero-order valence-electron chi connectivity index (χ0n) is 10.1. The van der Waals surface area contributed by atoms with Crippen molar-refractivity contribution >= 4 is 0 Å². The second-order valence-corrected chi connectivity index (χ2v) is 3.63. The molecule has 0 amide bonds. The van der Waals surface area contributed by atoms with E-state index in [4.69, 9.17) is 10.5 Å². The molecule has 0 saturated heterocycles. The maximum Gasteiger partial charge on any atom is 0.137 e. The maximum atomic E-state index is 5.36. The normalized spacial score (nSPS) is 9.67. The first-order valence-electron chi connectivity index (χ1n) is 5.51. The molecule has 0 bridgehead atoms. The van der Waals surface area contributed by atoms with Gasteiger partial charge in [0.25, 0.3) is 0 Å². The van der Waals surface area contributed by atoms with Gasteiger partial charge in [-0.2, -0.15) is 5.10 Å². The van der Waals surface area contributed by atoms with E-state index >= 15 is 0 Å². The maximum absolute atomic E-state index is 5.36. The highest BCUT2D eigenvalue weighted by Crippen LogP contribution is 2.20. The van der Waals surface area contributed by atoms with Crippen LogP contribution in [0.5, 0.6) is 5.75 Å². The van der Waals surface area contributed by atoms with Gasteiger partial charge in [0, 0.05) is 11.1 Å². The first-order valence-corrected chi connectivity index (χ1v) is 5.51. The Hall–Kier alpha value is -2.32. The van der Waals surface area contributed by atoms with Gasteiger partial charge in [0.05, 0.1) is 20.2 Å². The van der Waals surface area contributed by atoms with Crippen LogP contribution in [0.2, 0.25) is 0 Å². The first kappa shape index (κ1) is 12.1. The molecule has 0 atom stereocenters. The van der Waals surface area contributed by atoms with Crippen LogP contribution in [0.15, 0.2) is 30.9 Å². The SMILES string of the molecule is COc1ccc(C#CCN)cc1Cn1cncn1. The quantitative estimate of drug-likeness (QED) is 0.802. The molecule has 5 heteroatoms. The van der Waals surface area contributed by atoms with Gasteiger partial charge in [0.1, 0.15) is 18.4 Å². The Morgan fingerprint density at radius 1 is 1.44 bits per heavy atom. The molecule has 2 aromatic rings. The van der Waals surface area contributed by atoms with Crippen LogP contribution in [0.4, 0.5) is 0 Å². The lowest BCUT2D eigenvalue weighted by molar-refractivity contribution is 0.407. The van der Waals surface area contributed by atoms with Crippen molar-refractivity contribution in [2.75, 3.05) is 13.7 Å². The summed E-state index contributed by atoms with van der Waals surface area (Å²) < 4.78 is 7.05. The zero-order valence-corrected chi connectivity index (χ0v) is 10.1. The van der Waals surface area contributed by atoms with Crippen molar-refractivity contribution in [3.63, 3.8) is 0 Å². The number of nitrogens with two attached hydrogens (primary N) is 1. The van der Waals surface area contributed by atoms with Crippen LogP contribution in [-0.4, -0.2) is 28.4 Å². The summed E-state index contributed by atoms with van der Waals surface area (Å²) in [5, 5.41) is 4.07. The second-order valence-electron chi connectivity index (χ2n) is 3.63. The summed E-state index contributed by atoms with van der Waals surface area (Å²) in [4.78, 5) is 3.91. The van der Waals surface area contributed by atoms with Gasteiger partial charge in [0.2, 0.25) is 0 Å². The Labute approximate surface area is 106 Å². The Bertz CT molecular complexity index is 566. The van der Waals surface area contributed by atoms with Gasteiger partial charge in [-0.05, 0) is 18.2 Å². The topological polar surface area (TPSA) is 66.0 Å². The summed E-state index contributed by atoms with van der Waals surface area (Å²) in [7, 11) is 1.64. The summed E-state index contributed by atoms with van der Waals surface area (Å²) in [6.45, 7) is 0.950. The van der Waals surface area contributed by atoms with Gasteiger partial charge >= 0.3 is 0 Å². The van der Waals surface area contributed by atoms with E-state index in [0.717, 1.165) is 16.9 Å². The number of nitrogens with zero attached hydrogens (tertiary/aromatic N) is 3. The number of hydrogen-bond acceptors (Lipinski definition) is 4. The summed E-state index contributed by atoms with van der Waals surface area (Å²) in [5.41, 5.74) is 7.28. The largest absolute Gasteiger partial charge is 0.496 e. The molecule has 0 aliphatic carbocycles. The standard InChI is InChI=1S/C13H14N4O/c1-18-13-5-4-11(3-2-6-14)7-12(13)8-17-10-15-9-16-17/h4-5,7,9-10H,6,8,14H2,1H3. The predicted octanol–water partition coefficient (Wildman–Crippen LogP) is 0.645. The third kappa shape index (κ3) is 2.87. The summed E-state index contributed by atoms with van der Waals surface area (Å²) in [6, 6.07) is 5.78. The van der Waals surface area contributed by atoms with Crippen molar-refractivity contribution < 1.29 is 4.74 Å². The molecule has 1 aromatic heterocycles. The number of benzene rings is 1. The van der Waals surface area contributed by atoms with Crippen molar-refractivity contribution in [1.82, 2.24) is 14.8 Å². The lowest BCUT2D eigenvalue weighted by atomic mass is 10.1. The van der Waals surface area contributed by atoms with E-state index in [1.807, 2.05) is 18.2 Å². The number of aromatic nitrogens is 3. The van der Waals surface area contributed by atoms with E-state index in [9.17, 15) is 0 Å². The molecule has 2 N–H and O–H groups in total. The Kier molecular flexibility index (Phi) is 3.94. The van der Waals surface area contributed by atoms with Crippen LogP contribution in [-0.2, 0) is 6.54 Å². The van der Waals surface area contributed by atoms with Crippen LogP contribution in [0.3, 0.4) is 0 Å². The van der Waals surface area contributed by atoms with Crippen LogP contribution >= 0.6 is 0 Å². The Morgan fingerprint density at radius 3 is 3.00 bits per heavy atom. The van der Waals surface area contributed by atoms with Crippen LogP contribution < -0.4 is 10.5 Å². The molecule has 0 aliphatic rings. The Morgan fingerprint density at radius 2 is 2.33 bits per heavy atom. The third-order valence-corrected chi connectivity index (χ3v) is 2.41. The van der Waals surface area contributed by atoms with Crippen molar-refractivity contribution in [3.05, 3.63) is 42.0 Å². The predicted molar refractivity (Wildman–Crippen MR) is 68.1 cm³/mol. The van der Waals surface area contributed by atoms with Crippen LogP contribution in [0.1, 0.15) is 11.1 Å². The molecular weight excluding hydrogens is 228 g/mol. The molecule has 0 unspecified atom stereocenters. The van der Waals surface area contributed by atoms with Gasteiger partial charge in [-0.1, -0.05) is 11.8 Å². The highest BCUT2D eigenvalue weighted by Gasteiger charge is 2.05. The third-order valence-electron chi connectivity index (χ3n) is 2.41. The van der Waals surface area contributed by atoms with Crippen molar-refractivity contribution in [2.45, 2.75) is 6.54 Å². The van der Waals surface area contributed by atoms with E-state index in [2.05, 4.69) is 21.9 Å². The lowest BCUT2D eigenvalue weighted by Gasteiger charge is -2.08. The van der Waals surface area contributed by atoms with E-state index in [-0.39, 0.29) is 0 Å². The molecule has 2 rings (SSSR count). The fraction of sp³-hybridized carbons (Fsp3) is 0.231. The second kappa shape index (κ2) is 5.84. The molecule has 18 heavy (non-hydrogen) atoms. The molecule has 1 aromatic carbocycles. The van der Waals surface area contributed by atoms with Crippen molar-refractivity contribution in [3.8, 4) is 17.6 Å². The van der Waals surface area contributed by atoms with Crippen LogP contribution in [0.25, 0.3) is 0 Å². The van der Waals surface area contributed by atoms with Crippen molar-refractivity contribution in [1.29, 1.82) is 0 Å². The molecule has 0 spiro atoms. The molecular formula is C13H14N4O. The first-order chi connectivity index (χ1) is 8.83. The minimum absolute atomic E-state index is 0.352. The van der Waals surface area contributed by atoms with Crippen molar-refractivity contribution in [2.24, 2.45) is 5.73 Å². The van der Waals surface area contributed by atoms with E-state index in [1.54, 1.807) is 18.1 Å². The summed E-state index contributed by atoms with van der Waals surface area (Å²) in [6.07, 6.45) is 3.17. The van der Waals surface area contributed by atoms with E-state index in [0.29, 0.717) is 13.1 Å². The van der Waals surface area contributed by atoms with Crippen LogP contribution in [0, 0.1) is 11.8 Å². The molecule has 0 radical (unpaired) electrons. The monoisotopic (exact) mass is 242 g/mol. The van der Waals surface area contributed by atoms with E-state index < -0.39 is 0 Å². The molecule has 0 aliphatic heterocycles. The number of hydrogen-bond donors (Lipinski definition) is 1. The van der Waals surface area contributed by atoms with Gasteiger partial charge in [-0.15, -0.1) is 0 Å². The zero-order chi connectivity index (χ0) is 12.8. The average Bonchev–Trinajstić information content (AvgIpc) is 2.89. The Balaban J connectivity index is 2.30. The fourth-order valence-corrected chi connectivity index (χ4v) is 1.62. The summed E-state index contributed by atoms with van der Waals surface area (Å²) in [5.74, 6) is 6.64. The smallest absolute Gasteiger partial charge is 0.137 e. The highest BCUT2D eigenvalue weighted by molar-refractivity contribution is 5.44. The molecule has 92 valence electrons. The summed E-state index contributed by atoms with van der Waals surface area (Å²) >= 11 is 0. The number of methoxy groups -OCH3 is 1. The van der Waals surface area contributed by atoms with Gasteiger partial charge < -0.3 is 10.5 Å². The molecule has 0 fully saturated rings.